The molecule has 1 atom stereocenters. The first-order valence-electron chi connectivity index (χ1n) is 8.93. The van der Waals surface area contributed by atoms with Crippen molar-refractivity contribution in [2.24, 2.45) is 0 Å². The van der Waals surface area contributed by atoms with Crippen LogP contribution in [-0.2, 0) is 0 Å². The second-order valence-corrected chi connectivity index (χ2v) is 7.06. The molecule has 2 heterocycles. The minimum Gasteiger partial charge on any atom is -0.507 e. The number of nitrogen functional groups attached to an aromatic ring is 1. The summed E-state index contributed by atoms with van der Waals surface area (Å²) in [6.45, 7) is 2.02. The number of aromatic amines is 1. The van der Waals surface area contributed by atoms with E-state index in [-0.39, 0.29) is 17.7 Å². The summed E-state index contributed by atoms with van der Waals surface area (Å²) >= 11 is 0. The molecule has 0 amide bonds. The Hall–Kier alpha value is -3.87. The van der Waals surface area contributed by atoms with Crippen molar-refractivity contribution in [2.45, 2.75) is 13.1 Å². The fraction of sp³-hybridized carbons (Fsp3) is 0.0952. The Kier molecular flexibility index (Phi) is 3.39. The molecule has 0 radical (unpaired) electrons. The van der Waals surface area contributed by atoms with Gasteiger partial charge in [-0.2, -0.15) is 0 Å². The van der Waals surface area contributed by atoms with Crippen LogP contribution in [0.4, 0.5) is 17.1 Å². The standard InChI is InChI=1S/C21H19N5O2/c1-10-2-4-14-16(6-10)25-20(23-14)12-8-19(28)13(9-18(12)27)21-24-15-5-3-11(22)7-17(15)26-21/h2-9,20,23,25,27-28H,22H2,1H3,(H,24,26). The first-order valence-corrected chi connectivity index (χ1v) is 8.93. The van der Waals surface area contributed by atoms with Crippen LogP contribution in [0.3, 0.4) is 0 Å². The summed E-state index contributed by atoms with van der Waals surface area (Å²) in [5, 5.41) is 27.9. The Balaban J connectivity index is 1.52. The van der Waals surface area contributed by atoms with Crippen LogP contribution in [0.1, 0.15) is 17.3 Å². The van der Waals surface area contributed by atoms with Crippen LogP contribution in [0.5, 0.6) is 11.5 Å². The molecule has 0 aliphatic carbocycles. The number of phenols is 2. The van der Waals surface area contributed by atoms with E-state index in [0.717, 1.165) is 28.0 Å². The SMILES string of the molecule is Cc1ccc2c(c1)NC(c1cc(O)c(-c3nc4ccc(N)cc4[nH]3)cc1O)N2. The van der Waals surface area contributed by atoms with Crippen LogP contribution < -0.4 is 16.4 Å². The molecule has 1 aromatic heterocycles. The Morgan fingerprint density at radius 2 is 1.75 bits per heavy atom. The molecule has 1 aliphatic rings. The number of hydrogen-bond donors (Lipinski definition) is 6. The highest BCUT2D eigenvalue weighted by Gasteiger charge is 2.25. The summed E-state index contributed by atoms with van der Waals surface area (Å²) in [6.07, 6.45) is -0.341. The molecule has 4 aromatic rings. The maximum absolute atomic E-state index is 10.6. The Morgan fingerprint density at radius 3 is 2.61 bits per heavy atom. The third-order valence-corrected chi connectivity index (χ3v) is 4.99. The van der Waals surface area contributed by atoms with Crippen LogP contribution in [-0.4, -0.2) is 20.2 Å². The van der Waals surface area contributed by atoms with E-state index < -0.39 is 0 Å². The number of rotatable bonds is 2. The smallest absolute Gasteiger partial charge is 0.142 e. The van der Waals surface area contributed by atoms with E-state index >= 15 is 0 Å². The zero-order valence-electron chi connectivity index (χ0n) is 15.1. The van der Waals surface area contributed by atoms with Gasteiger partial charge in [-0.05, 0) is 55.0 Å². The van der Waals surface area contributed by atoms with Gasteiger partial charge >= 0.3 is 0 Å². The normalized spacial score (nSPS) is 15.2. The van der Waals surface area contributed by atoms with Crippen LogP contribution in [0.2, 0.25) is 0 Å². The average molecular weight is 373 g/mol. The minimum atomic E-state index is -0.341. The van der Waals surface area contributed by atoms with Gasteiger partial charge < -0.3 is 31.6 Å². The lowest BCUT2D eigenvalue weighted by molar-refractivity contribution is 0.453. The van der Waals surface area contributed by atoms with E-state index in [1.807, 2.05) is 31.2 Å². The molecule has 0 fully saturated rings. The van der Waals surface area contributed by atoms with Crippen molar-refractivity contribution in [3.63, 3.8) is 0 Å². The monoisotopic (exact) mass is 373 g/mol. The number of aromatic hydroxyl groups is 2. The predicted octanol–water partition coefficient (Wildman–Crippen LogP) is 4.07. The molecule has 0 saturated heterocycles. The van der Waals surface area contributed by atoms with Crippen LogP contribution in [0.25, 0.3) is 22.4 Å². The average Bonchev–Trinajstić information content (AvgIpc) is 3.26. The molecule has 7 nitrogen and oxygen atoms in total. The molecule has 3 aromatic carbocycles. The van der Waals surface area contributed by atoms with Crippen molar-refractivity contribution in [3.05, 3.63) is 59.7 Å². The van der Waals surface area contributed by atoms with Crippen LogP contribution >= 0.6 is 0 Å². The van der Waals surface area contributed by atoms with Gasteiger partial charge in [0.1, 0.15) is 23.5 Å². The number of imidazole rings is 1. The van der Waals surface area contributed by atoms with Gasteiger partial charge in [0.05, 0.1) is 28.0 Å². The van der Waals surface area contributed by atoms with Gasteiger partial charge in [-0.1, -0.05) is 6.07 Å². The molecule has 0 saturated carbocycles. The van der Waals surface area contributed by atoms with Crippen molar-refractivity contribution < 1.29 is 10.2 Å². The molecule has 140 valence electrons. The lowest BCUT2D eigenvalue weighted by Crippen LogP contribution is -2.12. The van der Waals surface area contributed by atoms with Crippen LogP contribution in [0.15, 0.2) is 48.5 Å². The van der Waals surface area contributed by atoms with Gasteiger partial charge in [0.15, 0.2) is 0 Å². The molecule has 28 heavy (non-hydrogen) atoms. The number of aryl methyl sites for hydroxylation is 1. The largest absolute Gasteiger partial charge is 0.507 e. The summed E-state index contributed by atoms with van der Waals surface area (Å²) in [7, 11) is 0. The number of nitrogens with one attached hydrogen (secondary N) is 3. The number of anilines is 3. The highest BCUT2D eigenvalue weighted by molar-refractivity contribution is 5.84. The Labute approximate surface area is 160 Å². The summed E-state index contributed by atoms with van der Waals surface area (Å²) in [5.41, 5.74) is 12.0. The maximum Gasteiger partial charge on any atom is 0.142 e. The quantitative estimate of drug-likeness (QED) is 0.233. The third kappa shape index (κ3) is 2.56. The number of phenolic OH excluding ortho intramolecular Hbond substituents is 2. The first-order chi connectivity index (χ1) is 13.5. The fourth-order valence-corrected chi connectivity index (χ4v) is 3.57. The molecule has 0 spiro atoms. The molecule has 7 N–H and O–H groups in total. The summed E-state index contributed by atoms with van der Waals surface area (Å²) < 4.78 is 0. The van der Waals surface area contributed by atoms with Crippen molar-refractivity contribution in [3.8, 4) is 22.9 Å². The van der Waals surface area contributed by atoms with Gasteiger partial charge in [0.25, 0.3) is 0 Å². The number of benzene rings is 3. The van der Waals surface area contributed by atoms with Gasteiger partial charge in [-0.3, -0.25) is 0 Å². The number of fused-ring (bicyclic) bond motifs is 2. The lowest BCUT2D eigenvalue weighted by atomic mass is 10.1. The zero-order chi connectivity index (χ0) is 19.4. The molecule has 1 aliphatic heterocycles. The molecule has 1 unspecified atom stereocenters. The predicted molar refractivity (Wildman–Crippen MR) is 110 cm³/mol. The Morgan fingerprint density at radius 1 is 0.929 bits per heavy atom. The van der Waals surface area contributed by atoms with Gasteiger partial charge in [-0.25, -0.2) is 4.98 Å². The third-order valence-electron chi connectivity index (χ3n) is 4.99. The van der Waals surface area contributed by atoms with E-state index in [9.17, 15) is 10.2 Å². The number of aromatic nitrogens is 2. The van der Waals surface area contributed by atoms with Crippen molar-refractivity contribution in [2.75, 3.05) is 16.4 Å². The van der Waals surface area contributed by atoms with E-state index in [0.29, 0.717) is 22.6 Å². The summed E-state index contributed by atoms with van der Waals surface area (Å²) in [4.78, 5) is 7.62. The van der Waals surface area contributed by atoms with E-state index in [1.165, 1.54) is 6.07 Å². The zero-order valence-corrected chi connectivity index (χ0v) is 15.1. The first kappa shape index (κ1) is 16.3. The topological polar surface area (TPSA) is 119 Å². The van der Waals surface area contributed by atoms with Gasteiger partial charge in [0.2, 0.25) is 0 Å². The molecular weight excluding hydrogens is 354 g/mol. The number of nitrogens with zero attached hydrogens (tertiary/aromatic N) is 1. The van der Waals surface area contributed by atoms with Crippen molar-refractivity contribution >= 4 is 28.1 Å². The van der Waals surface area contributed by atoms with E-state index in [1.54, 1.807) is 18.2 Å². The molecule has 7 heteroatoms. The maximum atomic E-state index is 10.6. The van der Waals surface area contributed by atoms with Crippen LogP contribution in [0, 0.1) is 6.92 Å². The summed E-state index contributed by atoms with van der Waals surface area (Å²) in [6, 6.07) is 14.5. The molecule has 0 bridgehead atoms. The number of H-pyrrole nitrogens is 1. The molecule has 5 rings (SSSR count). The van der Waals surface area contributed by atoms with Gasteiger partial charge in [0, 0.05) is 11.3 Å². The highest BCUT2D eigenvalue weighted by Crippen LogP contribution is 2.42. The number of nitrogens with two attached hydrogens (primary N) is 1. The Bertz CT molecular complexity index is 1230. The lowest BCUT2D eigenvalue weighted by Gasteiger charge is -2.16. The van der Waals surface area contributed by atoms with Crippen molar-refractivity contribution in [1.29, 1.82) is 0 Å². The second-order valence-electron chi connectivity index (χ2n) is 7.06. The minimum absolute atomic E-state index is 0.0237. The fourth-order valence-electron chi connectivity index (χ4n) is 3.57. The molecular formula is C21H19N5O2. The summed E-state index contributed by atoms with van der Waals surface area (Å²) in [5.74, 6) is 0.545. The van der Waals surface area contributed by atoms with E-state index in [2.05, 4.69) is 20.6 Å². The van der Waals surface area contributed by atoms with Gasteiger partial charge in [-0.15, -0.1) is 0 Å². The second kappa shape index (κ2) is 5.82. The van der Waals surface area contributed by atoms with Crippen molar-refractivity contribution in [1.82, 2.24) is 9.97 Å². The number of hydrogen-bond acceptors (Lipinski definition) is 6. The highest BCUT2D eigenvalue weighted by atomic mass is 16.3. The van der Waals surface area contributed by atoms with E-state index in [4.69, 9.17) is 5.73 Å².